The molecule has 9 rings (SSSR count). The van der Waals surface area contributed by atoms with E-state index in [4.69, 9.17) is 0 Å². The molecular weight excluding hydrogens is 527 g/mol. The van der Waals surface area contributed by atoms with Gasteiger partial charge in [0.1, 0.15) is 0 Å². The number of fused-ring (bicyclic) bond motifs is 8. The molecule has 42 heavy (non-hydrogen) atoms. The number of thiophene rings is 1. The van der Waals surface area contributed by atoms with Crippen LogP contribution in [-0.2, 0) is 0 Å². The molecule has 2 aromatic heterocycles. The van der Waals surface area contributed by atoms with Gasteiger partial charge in [0, 0.05) is 48.7 Å². The van der Waals surface area contributed by atoms with E-state index in [9.17, 15) is 0 Å². The maximum Gasteiger partial charge on any atom is 0.197 e. The third kappa shape index (κ3) is 3.33. The van der Waals surface area contributed by atoms with Crippen molar-refractivity contribution in [3.05, 3.63) is 126 Å². The highest BCUT2D eigenvalue weighted by molar-refractivity contribution is 7.26. The van der Waals surface area contributed by atoms with E-state index in [1.807, 2.05) is 11.3 Å². The summed E-state index contributed by atoms with van der Waals surface area (Å²) in [5, 5.41) is 9.13. The highest BCUT2D eigenvalue weighted by Gasteiger charge is 2.27. The molecule has 0 atom stereocenters. The van der Waals surface area contributed by atoms with Crippen molar-refractivity contribution in [2.45, 2.75) is 13.8 Å². The van der Waals surface area contributed by atoms with Gasteiger partial charge in [-0.15, -0.1) is 11.3 Å². The first-order valence-electron chi connectivity index (χ1n) is 14.4. The summed E-state index contributed by atoms with van der Waals surface area (Å²) in [4.78, 5) is 0. The van der Waals surface area contributed by atoms with E-state index in [0.29, 0.717) is 0 Å². The lowest BCUT2D eigenvalue weighted by Gasteiger charge is -2.25. The monoisotopic (exact) mass is 553 g/mol. The molecule has 1 radical (unpaired) electrons. The summed E-state index contributed by atoms with van der Waals surface area (Å²) in [6.45, 7) is 4.40. The third-order valence-corrected chi connectivity index (χ3v) is 10.0. The number of nitrogens with zero attached hydrogens (tertiary/aromatic N) is 1. The van der Waals surface area contributed by atoms with Crippen molar-refractivity contribution in [2.24, 2.45) is 0 Å². The Morgan fingerprint density at radius 3 is 2.36 bits per heavy atom. The molecule has 2 nitrogen and oxygen atoms in total. The largest absolute Gasteiger partial charge is 0.354 e. The van der Waals surface area contributed by atoms with Crippen LogP contribution in [-0.4, -0.2) is 11.8 Å². The fourth-order valence-corrected chi connectivity index (χ4v) is 8.10. The van der Waals surface area contributed by atoms with Gasteiger partial charge in [0.15, 0.2) is 7.28 Å². The van der Waals surface area contributed by atoms with Crippen molar-refractivity contribution in [1.82, 2.24) is 4.57 Å². The smallest absolute Gasteiger partial charge is 0.197 e. The molecule has 4 heteroatoms. The Balaban J connectivity index is 1.37. The molecule has 0 spiro atoms. The van der Waals surface area contributed by atoms with Gasteiger partial charge in [-0.05, 0) is 60.3 Å². The van der Waals surface area contributed by atoms with Crippen LogP contribution in [0.3, 0.4) is 0 Å². The first-order valence-corrected chi connectivity index (χ1v) is 15.3. The number of aryl methyl sites for hydroxylation is 2. The zero-order chi connectivity index (χ0) is 27.9. The predicted molar refractivity (Wildman–Crippen MR) is 183 cm³/mol. The molecular formula is C38H26BN2S. The fourth-order valence-electron chi connectivity index (χ4n) is 6.89. The molecule has 0 saturated carbocycles. The Morgan fingerprint density at radius 1 is 0.667 bits per heavy atom. The highest BCUT2D eigenvalue weighted by Crippen LogP contribution is 2.45. The van der Waals surface area contributed by atoms with Crippen molar-refractivity contribution in [3.63, 3.8) is 0 Å². The number of benzene rings is 6. The van der Waals surface area contributed by atoms with Crippen molar-refractivity contribution in [3.8, 4) is 16.8 Å². The molecule has 1 aliphatic rings. The molecule has 0 amide bonds. The van der Waals surface area contributed by atoms with Crippen LogP contribution in [0.25, 0.3) is 58.8 Å². The van der Waals surface area contributed by atoms with Crippen molar-refractivity contribution in [2.75, 3.05) is 5.32 Å². The summed E-state index contributed by atoms with van der Waals surface area (Å²) in [6, 6.07) is 42.2. The molecule has 0 saturated heterocycles. The van der Waals surface area contributed by atoms with Crippen LogP contribution in [0.1, 0.15) is 11.1 Å². The zero-order valence-corrected chi connectivity index (χ0v) is 24.2. The molecule has 0 bridgehead atoms. The van der Waals surface area contributed by atoms with E-state index in [2.05, 4.69) is 146 Å². The molecule has 0 fully saturated rings. The summed E-state index contributed by atoms with van der Waals surface area (Å²) in [5.74, 6) is 0. The summed E-state index contributed by atoms with van der Waals surface area (Å²) in [7, 11) is 2.40. The number of hydrogen-bond acceptors (Lipinski definition) is 2. The van der Waals surface area contributed by atoms with Crippen molar-refractivity contribution < 1.29 is 0 Å². The minimum atomic E-state index is 1.14. The second kappa shape index (κ2) is 8.85. The first-order chi connectivity index (χ1) is 20.7. The molecule has 6 aromatic carbocycles. The number of para-hydroxylation sites is 3. The van der Waals surface area contributed by atoms with Crippen LogP contribution in [0.2, 0.25) is 0 Å². The van der Waals surface area contributed by atoms with Gasteiger partial charge in [0.2, 0.25) is 0 Å². The van der Waals surface area contributed by atoms with Gasteiger partial charge in [-0.1, -0.05) is 96.5 Å². The van der Waals surface area contributed by atoms with Crippen LogP contribution in [0.5, 0.6) is 0 Å². The second-order valence-corrected chi connectivity index (χ2v) is 12.4. The minimum absolute atomic E-state index is 1.14. The lowest BCUT2D eigenvalue weighted by Crippen LogP contribution is -2.37. The van der Waals surface area contributed by atoms with Crippen LogP contribution >= 0.6 is 11.3 Å². The van der Waals surface area contributed by atoms with E-state index >= 15 is 0 Å². The summed E-state index contributed by atoms with van der Waals surface area (Å²) in [5.41, 5.74) is 13.6. The molecule has 0 unspecified atom stereocenters. The topological polar surface area (TPSA) is 17.0 Å². The van der Waals surface area contributed by atoms with E-state index < -0.39 is 0 Å². The highest BCUT2D eigenvalue weighted by atomic mass is 32.1. The Bertz CT molecular complexity index is 2390. The minimum Gasteiger partial charge on any atom is -0.354 e. The molecule has 8 aromatic rings. The lowest BCUT2D eigenvalue weighted by atomic mass is 9.59. The number of rotatable bonds is 3. The van der Waals surface area contributed by atoms with Gasteiger partial charge < -0.3 is 9.88 Å². The zero-order valence-electron chi connectivity index (χ0n) is 23.4. The Morgan fingerprint density at radius 2 is 1.45 bits per heavy atom. The number of hydrogen-bond donors (Lipinski definition) is 1. The second-order valence-electron chi connectivity index (χ2n) is 11.4. The summed E-state index contributed by atoms with van der Waals surface area (Å²) in [6.07, 6.45) is 0. The number of anilines is 2. The number of nitrogens with one attached hydrogen (secondary N) is 1. The molecule has 0 aliphatic carbocycles. The Hall–Kier alpha value is -4.80. The van der Waals surface area contributed by atoms with Gasteiger partial charge in [0.25, 0.3) is 0 Å². The van der Waals surface area contributed by atoms with Crippen LogP contribution < -0.4 is 16.2 Å². The van der Waals surface area contributed by atoms with Crippen LogP contribution in [0, 0.1) is 13.8 Å². The van der Waals surface area contributed by atoms with Gasteiger partial charge >= 0.3 is 0 Å². The van der Waals surface area contributed by atoms with E-state index in [0.717, 1.165) is 5.69 Å². The van der Waals surface area contributed by atoms with Gasteiger partial charge in [0.05, 0.1) is 15.9 Å². The molecule has 197 valence electrons. The normalized spacial score (nSPS) is 12.2. The lowest BCUT2D eigenvalue weighted by molar-refractivity contribution is 1.18. The van der Waals surface area contributed by atoms with Crippen molar-refractivity contribution in [1.29, 1.82) is 0 Å². The first kappa shape index (κ1) is 23.9. The molecule has 1 aliphatic heterocycles. The van der Waals surface area contributed by atoms with Gasteiger partial charge in [-0.2, -0.15) is 0 Å². The molecule has 3 heterocycles. The maximum absolute atomic E-state index is 3.92. The van der Waals surface area contributed by atoms with E-state index in [1.54, 1.807) is 0 Å². The van der Waals surface area contributed by atoms with Gasteiger partial charge in [-0.3, -0.25) is 0 Å². The average Bonchev–Trinajstić information content (AvgIpc) is 3.56. The summed E-state index contributed by atoms with van der Waals surface area (Å²) >= 11 is 1.87. The van der Waals surface area contributed by atoms with Crippen LogP contribution in [0.4, 0.5) is 11.4 Å². The third-order valence-electron chi connectivity index (χ3n) is 8.81. The quantitative estimate of drug-likeness (QED) is 0.216. The standard InChI is InChI=1S/C38H26BN2S/c1-22-20-29(35-33(21-22)41-32-16-7-4-11-24(32)27-13-9-14-30(39-35)37(27)41)26-18-19-28-25-12-5-8-17-34(25)42-38(28)36(26)40-31-15-6-3-10-23(31)2/h3-21,40H,1-2H3. The Kier molecular flexibility index (Phi) is 5.03. The average molecular weight is 554 g/mol. The van der Waals surface area contributed by atoms with E-state index in [-0.39, 0.29) is 0 Å². The van der Waals surface area contributed by atoms with Gasteiger partial charge in [-0.25, -0.2) is 0 Å². The molecule has 1 N–H and O–H groups in total. The van der Waals surface area contributed by atoms with E-state index in [1.165, 1.54) is 86.5 Å². The fraction of sp³-hybridized carbons (Fsp3) is 0.0526. The predicted octanol–water partition coefficient (Wildman–Crippen LogP) is 9.15. The number of aromatic nitrogens is 1. The van der Waals surface area contributed by atoms with Crippen LogP contribution in [0.15, 0.2) is 115 Å². The summed E-state index contributed by atoms with van der Waals surface area (Å²) < 4.78 is 5.08. The SMILES string of the molecule is Cc1cc(-c2ccc3c(sc4ccccc43)c2Nc2ccccc2C)c2c(c1)-n1c3ccccc3c3cccc(c31)[B]2. The van der Waals surface area contributed by atoms with Crippen molar-refractivity contribution >= 4 is 82.9 Å². The maximum atomic E-state index is 3.92. The Labute approximate surface area is 249 Å².